The number of hydrogen-bond acceptors (Lipinski definition) is 6. The second kappa shape index (κ2) is 4.05. The predicted octanol–water partition coefficient (Wildman–Crippen LogP) is 0.498. The first-order valence-corrected chi connectivity index (χ1v) is 5.02. The number of nitrogens with one attached hydrogen (secondary N) is 2. The van der Waals surface area contributed by atoms with Gasteiger partial charge in [-0.1, -0.05) is 0 Å². The summed E-state index contributed by atoms with van der Waals surface area (Å²) in [6.07, 6.45) is 2.66. The van der Waals surface area contributed by atoms with Crippen LogP contribution < -0.4 is 11.1 Å². The Bertz CT molecular complexity index is 381. The van der Waals surface area contributed by atoms with Crippen molar-refractivity contribution in [2.75, 3.05) is 17.6 Å². The Kier molecular flexibility index (Phi) is 2.59. The average molecular weight is 210 g/mol. The lowest BCUT2D eigenvalue weighted by Gasteiger charge is -1.97. The molecular weight excluding hydrogens is 200 g/mol. The van der Waals surface area contributed by atoms with Gasteiger partial charge < -0.3 is 11.1 Å². The number of nitrogen functional groups attached to an aromatic ring is 1. The van der Waals surface area contributed by atoms with Crippen molar-refractivity contribution in [3.63, 3.8) is 0 Å². The van der Waals surface area contributed by atoms with Crippen LogP contribution in [0.5, 0.6) is 0 Å². The third-order valence-corrected chi connectivity index (χ3v) is 2.45. The van der Waals surface area contributed by atoms with Crippen molar-refractivity contribution in [1.29, 1.82) is 0 Å². The Morgan fingerprint density at radius 2 is 2.50 bits per heavy atom. The van der Waals surface area contributed by atoms with E-state index in [0.29, 0.717) is 11.9 Å². The maximum absolute atomic E-state index is 5.37. The van der Waals surface area contributed by atoms with Crippen LogP contribution in [-0.2, 0) is 6.42 Å². The van der Waals surface area contributed by atoms with Gasteiger partial charge >= 0.3 is 0 Å². The maximum Gasteiger partial charge on any atom is 0.243 e. The number of thiazole rings is 1. The molecule has 0 unspecified atom stereocenters. The third kappa shape index (κ3) is 2.19. The standard InChI is InChI=1S/C7H10N6S/c8-6-11-7(13-12-6)10-2-1-5-9-3-4-14-5/h3-4H,1-2H2,(H4,8,10,11,12,13). The summed E-state index contributed by atoms with van der Waals surface area (Å²) >= 11 is 1.64. The van der Waals surface area contributed by atoms with Crippen LogP contribution in [-0.4, -0.2) is 26.7 Å². The normalized spacial score (nSPS) is 10.3. The Morgan fingerprint density at radius 3 is 3.14 bits per heavy atom. The fraction of sp³-hybridized carbons (Fsp3) is 0.286. The number of nitrogens with two attached hydrogens (primary N) is 1. The lowest BCUT2D eigenvalue weighted by atomic mass is 10.4. The highest BCUT2D eigenvalue weighted by Crippen LogP contribution is 2.05. The van der Waals surface area contributed by atoms with Gasteiger partial charge in [0.15, 0.2) is 0 Å². The van der Waals surface area contributed by atoms with E-state index in [9.17, 15) is 0 Å². The minimum atomic E-state index is 0.321. The molecule has 0 bridgehead atoms. The fourth-order valence-corrected chi connectivity index (χ4v) is 1.63. The summed E-state index contributed by atoms with van der Waals surface area (Å²) in [5.74, 6) is 0.848. The average Bonchev–Trinajstić information content (AvgIpc) is 2.77. The summed E-state index contributed by atoms with van der Waals surface area (Å²) in [4.78, 5) is 8.07. The second-order valence-corrected chi connectivity index (χ2v) is 3.63. The van der Waals surface area contributed by atoms with E-state index in [4.69, 9.17) is 5.73 Å². The van der Waals surface area contributed by atoms with Gasteiger partial charge in [-0.05, 0) is 0 Å². The minimum absolute atomic E-state index is 0.321. The SMILES string of the molecule is Nc1nc(NCCc2nccs2)n[nH]1. The molecule has 7 heteroatoms. The number of hydrogen-bond donors (Lipinski definition) is 3. The highest BCUT2D eigenvalue weighted by Gasteiger charge is 1.99. The first-order valence-electron chi connectivity index (χ1n) is 4.15. The molecule has 2 heterocycles. The Hall–Kier alpha value is -1.63. The summed E-state index contributed by atoms with van der Waals surface area (Å²) in [6, 6.07) is 0. The summed E-state index contributed by atoms with van der Waals surface area (Å²) < 4.78 is 0. The summed E-state index contributed by atoms with van der Waals surface area (Å²) in [7, 11) is 0. The van der Waals surface area contributed by atoms with E-state index < -0.39 is 0 Å². The topological polar surface area (TPSA) is 92.5 Å². The molecule has 0 radical (unpaired) electrons. The molecule has 0 aliphatic heterocycles. The quantitative estimate of drug-likeness (QED) is 0.683. The molecule has 4 N–H and O–H groups in total. The smallest absolute Gasteiger partial charge is 0.243 e. The van der Waals surface area contributed by atoms with E-state index in [-0.39, 0.29) is 0 Å². The Labute approximate surface area is 84.6 Å². The van der Waals surface area contributed by atoms with Crippen molar-refractivity contribution >= 4 is 23.2 Å². The summed E-state index contributed by atoms with van der Waals surface area (Å²) in [5, 5.41) is 12.5. The highest BCUT2D eigenvalue weighted by molar-refractivity contribution is 7.09. The van der Waals surface area contributed by atoms with Crippen molar-refractivity contribution in [3.8, 4) is 0 Å². The molecule has 0 saturated heterocycles. The van der Waals surface area contributed by atoms with Gasteiger partial charge in [0.05, 0.1) is 5.01 Å². The van der Waals surface area contributed by atoms with Crippen LogP contribution in [0.4, 0.5) is 11.9 Å². The molecular formula is C7H10N6S. The van der Waals surface area contributed by atoms with Crippen LogP contribution in [0.2, 0.25) is 0 Å². The van der Waals surface area contributed by atoms with E-state index in [1.807, 2.05) is 5.38 Å². The minimum Gasteiger partial charge on any atom is -0.368 e. The van der Waals surface area contributed by atoms with Gasteiger partial charge in [-0.3, -0.25) is 0 Å². The van der Waals surface area contributed by atoms with E-state index in [1.165, 1.54) is 0 Å². The van der Waals surface area contributed by atoms with E-state index in [1.54, 1.807) is 17.5 Å². The maximum atomic E-state index is 5.37. The number of nitrogens with zero attached hydrogens (tertiary/aromatic N) is 3. The van der Waals surface area contributed by atoms with Crippen LogP contribution in [0.25, 0.3) is 0 Å². The van der Waals surface area contributed by atoms with Crippen LogP contribution in [0, 0.1) is 0 Å². The zero-order valence-corrected chi connectivity index (χ0v) is 8.21. The van der Waals surface area contributed by atoms with Gasteiger partial charge in [0.25, 0.3) is 0 Å². The number of aromatic amines is 1. The Balaban J connectivity index is 1.78. The van der Waals surface area contributed by atoms with E-state index in [2.05, 4.69) is 25.5 Å². The van der Waals surface area contributed by atoms with Gasteiger partial charge in [-0.15, -0.1) is 16.4 Å². The number of anilines is 2. The third-order valence-electron chi connectivity index (χ3n) is 1.61. The van der Waals surface area contributed by atoms with Crippen LogP contribution in [0.15, 0.2) is 11.6 Å². The van der Waals surface area contributed by atoms with Crippen molar-refractivity contribution < 1.29 is 0 Å². The van der Waals surface area contributed by atoms with Crippen LogP contribution in [0.3, 0.4) is 0 Å². The first-order chi connectivity index (χ1) is 6.84. The van der Waals surface area contributed by atoms with Crippen molar-refractivity contribution in [2.24, 2.45) is 0 Å². The molecule has 0 aliphatic carbocycles. The van der Waals surface area contributed by atoms with Crippen LogP contribution in [0.1, 0.15) is 5.01 Å². The molecule has 0 aromatic carbocycles. The fourth-order valence-electron chi connectivity index (χ4n) is 1.01. The molecule has 0 atom stereocenters. The summed E-state index contributed by atoms with van der Waals surface area (Å²) in [6.45, 7) is 0.755. The molecule has 0 aliphatic rings. The molecule has 14 heavy (non-hydrogen) atoms. The van der Waals surface area contributed by atoms with Crippen molar-refractivity contribution in [1.82, 2.24) is 20.2 Å². The Morgan fingerprint density at radius 1 is 1.57 bits per heavy atom. The van der Waals surface area contributed by atoms with Crippen molar-refractivity contribution in [3.05, 3.63) is 16.6 Å². The van der Waals surface area contributed by atoms with Gasteiger partial charge in [0, 0.05) is 24.5 Å². The second-order valence-electron chi connectivity index (χ2n) is 2.65. The van der Waals surface area contributed by atoms with E-state index >= 15 is 0 Å². The molecule has 0 saturated carbocycles. The van der Waals surface area contributed by atoms with Gasteiger partial charge in [0.1, 0.15) is 0 Å². The molecule has 0 spiro atoms. The molecule has 0 fully saturated rings. The number of H-pyrrole nitrogens is 1. The molecule has 0 amide bonds. The van der Waals surface area contributed by atoms with E-state index in [0.717, 1.165) is 18.0 Å². The van der Waals surface area contributed by atoms with Crippen molar-refractivity contribution in [2.45, 2.75) is 6.42 Å². The largest absolute Gasteiger partial charge is 0.368 e. The predicted molar refractivity (Wildman–Crippen MR) is 55.1 cm³/mol. The van der Waals surface area contributed by atoms with Gasteiger partial charge in [-0.25, -0.2) is 10.1 Å². The zero-order valence-electron chi connectivity index (χ0n) is 7.40. The molecule has 74 valence electrons. The number of rotatable bonds is 4. The van der Waals surface area contributed by atoms with Crippen LogP contribution >= 0.6 is 11.3 Å². The zero-order chi connectivity index (χ0) is 9.80. The summed E-state index contributed by atoms with van der Waals surface area (Å²) in [5.41, 5.74) is 5.37. The lowest BCUT2D eigenvalue weighted by molar-refractivity contribution is 0.970. The molecule has 2 aromatic rings. The monoisotopic (exact) mass is 210 g/mol. The highest BCUT2D eigenvalue weighted by atomic mass is 32.1. The molecule has 2 rings (SSSR count). The first kappa shape index (κ1) is 8.95. The molecule has 2 aromatic heterocycles. The van der Waals surface area contributed by atoms with Gasteiger partial charge in [0.2, 0.25) is 11.9 Å². The molecule has 6 nitrogen and oxygen atoms in total. The number of aromatic nitrogens is 4. The lowest BCUT2D eigenvalue weighted by Crippen LogP contribution is -2.05. The van der Waals surface area contributed by atoms with Gasteiger partial charge in [-0.2, -0.15) is 4.98 Å².